The number of hydrogen-bond acceptors (Lipinski definition) is 3. The Hall–Kier alpha value is -1.75. The number of amides is 2. The third kappa shape index (κ3) is 4.42. The van der Waals surface area contributed by atoms with Crippen molar-refractivity contribution in [1.82, 2.24) is 5.32 Å². The van der Waals surface area contributed by atoms with Gasteiger partial charge in [0.15, 0.2) is 0 Å². The summed E-state index contributed by atoms with van der Waals surface area (Å²) in [5.41, 5.74) is 1.05. The molecule has 112 valence electrons. The summed E-state index contributed by atoms with van der Waals surface area (Å²) in [6.45, 7) is 8.09. The van der Waals surface area contributed by atoms with E-state index < -0.39 is 5.54 Å². The van der Waals surface area contributed by atoms with Gasteiger partial charge in [-0.3, -0.25) is 0 Å². The molecule has 20 heavy (non-hydrogen) atoms. The van der Waals surface area contributed by atoms with Crippen molar-refractivity contribution in [2.75, 3.05) is 18.5 Å². The van der Waals surface area contributed by atoms with Crippen LogP contribution in [-0.2, 0) is 0 Å². The van der Waals surface area contributed by atoms with Crippen molar-refractivity contribution in [2.45, 2.75) is 39.7 Å². The second-order valence-corrected chi connectivity index (χ2v) is 5.06. The number of rotatable bonds is 6. The number of aryl methyl sites for hydroxylation is 1. The standard InChI is InChI=1S/C15H24N2O3/c1-5-15(4,10-18)17-14(19)16-12-7-8-13(20-6-2)11(3)9-12/h7-9,18H,5-6,10H2,1-4H3,(H2,16,17,19). The summed E-state index contributed by atoms with van der Waals surface area (Å²) in [6, 6.07) is 5.15. The summed E-state index contributed by atoms with van der Waals surface area (Å²) in [5.74, 6) is 0.812. The Kier molecular flexibility index (Phi) is 5.82. The minimum atomic E-state index is -0.607. The first kappa shape index (κ1) is 16.3. The molecule has 0 fully saturated rings. The number of aliphatic hydroxyl groups excluding tert-OH is 1. The van der Waals surface area contributed by atoms with Crippen molar-refractivity contribution < 1.29 is 14.6 Å². The second-order valence-electron chi connectivity index (χ2n) is 5.06. The topological polar surface area (TPSA) is 70.6 Å². The zero-order valence-corrected chi connectivity index (χ0v) is 12.6. The lowest BCUT2D eigenvalue weighted by Crippen LogP contribution is -2.50. The van der Waals surface area contributed by atoms with E-state index in [9.17, 15) is 9.90 Å². The zero-order valence-electron chi connectivity index (χ0n) is 12.6. The van der Waals surface area contributed by atoms with Gasteiger partial charge in [0, 0.05) is 5.69 Å². The van der Waals surface area contributed by atoms with Gasteiger partial charge in [0.1, 0.15) is 5.75 Å². The monoisotopic (exact) mass is 280 g/mol. The minimum absolute atomic E-state index is 0.0980. The van der Waals surface area contributed by atoms with Crippen LogP contribution in [0.15, 0.2) is 18.2 Å². The van der Waals surface area contributed by atoms with Crippen LogP contribution in [0.3, 0.4) is 0 Å². The molecule has 5 nitrogen and oxygen atoms in total. The maximum absolute atomic E-state index is 11.9. The van der Waals surface area contributed by atoms with E-state index in [1.807, 2.05) is 32.9 Å². The number of urea groups is 1. The van der Waals surface area contributed by atoms with E-state index in [0.29, 0.717) is 18.7 Å². The van der Waals surface area contributed by atoms with E-state index in [1.165, 1.54) is 0 Å². The van der Waals surface area contributed by atoms with E-state index >= 15 is 0 Å². The molecule has 0 aliphatic rings. The van der Waals surface area contributed by atoms with Gasteiger partial charge in [-0.1, -0.05) is 6.92 Å². The molecule has 5 heteroatoms. The Morgan fingerprint density at radius 2 is 2.10 bits per heavy atom. The number of aliphatic hydroxyl groups is 1. The first-order valence-corrected chi connectivity index (χ1v) is 6.87. The summed E-state index contributed by atoms with van der Waals surface area (Å²) in [5, 5.41) is 14.8. The predicted octanol–water partition coefficient (Wildman–Crippen LogP) is 2.68. The van der Waals surface area contributed by atoms with E-state index in [4.69, 9.17) is 4.74 Å². The highest BCUT2D eigenvalue weighted by Gasteiger charge is 2.23. The van der Waals surface area contributed by atoms with Crippen LogP contribution in [0.1, 0.15) is 32.8 Å². The van der Waals surface area contributed by atoms with Gasteiger partial charge in [-0.2, -0.15) is 0 Å². The Labute approximate surface area is 120 Å². The molecule has 0 spiro atoms. The third-order valence-corrected chi connectivity index (χ3v) is 3.28. The van der Waals surface area contributed by atoms with Crippen LogP contribution in [0.5, 0.6) is 5.75 Å². The van der Waals surface area contributed by atoms with Crippen LogP contribution >= 0.6 is 0 Å². The Balaban J connectivity index is 2.69. The minimum Gasteiger partial charge on any atom is -0.494 e. The van der Waals surface area contributed by atoms with Gasteiger partial charge in [0.25, 0.3) is 0 Å². The van der Waals surface area contributed by atoms with Gasteiger partial charge in [-0.05, 0) is 51.0 Å². The molecule has 0 heterocycles. The van der Waals surface area contributed by atoms with Gasteiger partial charge in [0.2, 0.25) is 0 Å². The number of ether oxygens (including phenoxy) is 1. The number of anilines is 1. The summed E-state index contributed by atoms with van der Waals surface area (Å²) in [7, 11) is 0. The molecule has 0 aliphatic heterocycles. The van der Waals surface area contributed by atoms with Crippen molar-refractivity contribution >= 4 is 11.7 Å². The Bertz CT molecular complexity index is 456. The molecule has 1 aromatic rings. The molecule has 0 aromatic heterocycles. The summed E-state index contributed by atoms with van der Waals surface area (Å²) in [6.07, 6.45) is 0.652. The first-order valence-electron chi connectivity index (χ1n) is 6.87. The Morgan fingerprint density at radius 1 is 1.40 bits per heavy atom. The Morgan fingerprint density at radius 3 is 2.60 bits per heavy atom. The van der Waals surface area contributed by atoms with Gasteiger partial charge >= 0.3 is 6.03 Å². The molecule has 1 atom stereocenters. The first-order chi connectivity index (χ1) is 9.44. The largest absolute Gasteiger partial charge is 0.494 e. The van der Waals surface area contributed by atoms with Crippen LogP contribution < -0.4 is 15.4 Å². The molecule has 0 bridgehead atoms. The second kappa shape index (κ2) is 7.14. The SMILES string of the molecule is CCOc1ccc(NC(=O)NC(C)(CC)CO)cc1C. The van der Waals surface area contributed by atoms with E-state index in [-0.39, 0.29) is 12.6 Å². The summed E-state index contributed by atoms with van der Waals surface area (Å²) in [4.78, 5) is 11.9. The average Bonchev–Trinajstić information content (AvgIpc) is 2.41. The predicted molar refractivity (Wildman–Crippen MR) is 80.3 cm³/mol. The molecular weight excluding hydrogens is 256 g/mol. The zero-order chi connectivity index (χ0) is 15.2. The molecule has 0 saturated carbocycles. The molecule has 0 saturated heterocycles. The lowest BCUT2D eigenvalue weighted by atomic mass is 10.0. The van der Waals surface area contributed by atoms with Crippen molar-refractivity contribution in [1.29, 1.82) is 0 Å². The molecule has 0 radical (unpaired) electrons. The van der Waals surface area contributed by atoms with Crippen molar-refractivity contribution in [3.8, 4) is 5.75 Å². The normalized spacial score (nSPS) is 13.4. The third-order valence-electron chi connectivity index (χ3n) is 3.28. The highest BCUT2D eigenvalue weighted by molar-refractivity contribution is 5.90. The van der Waals surface area contributed by atoms with Crippen molar-refractivity contribution in [3.05, 3.63) is 23.8 Å². The molecule has 0 aliphatic carbocycles. The number of nitrogens with one attached hydrogen (secondary N) is 2. The molecular formula is C15H24N2O3. The van der Waals surface area contributed by atoms with Gasteiger partial charge in [-0.25, -0.2) is 4.79 Å². The molecule has 2 amide bonds. The van der Waals surface area contributed by atoms with Crippen LogP contribution in [0, 0.1) is 6.92 Å². The molecule has 1 rings (SSSR count). The maximum atomic E-state index is 11.9. The van der Waals surface area contributed by atoms with Gasteiger partial charge < -0.3 is 20.5 Å². The maximum Gasteiger partial charge on any atom is 0.319 e. The lowest BCUT2D eigenvalue weighted by Gasteiger charge is -2.27. The van der Waals surface area contributed by atoms with Gasteiger partial charge in [-0.15, -0.1) is 0 Å². The quantitative estimate of drug-likeness (QED) is 0.750. The highest BCUT2D eigenvalue weighted by Crippen LogP contribution is 2.22. The number of carbonyl (C=O) groups excluding carboxylic acids is 1. The van der Waals surface area contributed by atoms with Crippen LogP contribution in [0.2, 0.25) is 0 Å². The van der Waals surface area contributed by atoms with E-state index in [1.54, 1.807) is 13.0 Å². The molecule has 1 aromatic carbocycles. The van der Waals surface area contributed by atoms with Crippen LogP contribution in [0.25, 0.3) is 0 Å². The number of benzene rings is 1. The molecule has 1 unspecified atom stereocenters. The van der Waals surface area contributed by atoms with E-state index in [2.05, 4.69) is 10.6 Å². The lowest BCUT2D eigenvalue weighted by molar-refractivity contribution is 0.172. The van der Waals surface area contributed by atoms with Crippen molar-refractivity contribution in [3.63, 3.8) is 0 Å². The summed E-state index contributed by atoms with van der Waals surface area (Å²) >= 11 is 0. The smallest absolute Gasteiger partial charge is 0.319 e. The van der Waals surface area contributed by atoms with Crippen molar-refractivity contribution in [2.24, 2.45) is 0 Å². The van der Waals surface area contributed by atoms with Gasteiger partial charge in [0.05, 0.1) is 18.8 Å². The summed E-state index contributed by atoms with van der Waals surface area (Å²) < 4.78 is 5.45. The fourth-order valence-corrected chi connectivity index (χ4v) is 1.72. The number of carbonyl (C=O) groups is 1. The van der Waals surface area contributed by atoms with E-state index in [0.717, 1.165) is 11.3 Å². The number of hydrogen-bond donors (Lipinski definition) is 3. The fraction of sp³-hybridized carbons (Fsp3) is 0.533. The fourth-order valence-electron chi connectivity index (χ4n) is 1.72. The van der Waals surface area contributed by atoms with Crippen LogP contribution in [0.4, 0.5) is 10.5 Å². The highest BCUT2D eigenvalue weighted by atomic mass is 16.5. The molecule has 3 N–H and O–H groups in total. The van der Waals surface area contributed by atoms with Crippen LogP contribution in [-0.4, -0.2) is 29.9 Å². The average molecular weight is 280 g/mol.